The van der Waals surface area contributed by atoms with Gasteiger partial charge in [0.1, 0.15) is 18.2 Å². The quantitative estimate of drug-likeness (QED) is 0.563. The Labute approximate surface area is 154 Å². The van der Waals surface area contributed by atoms with Crippen molar-refractivity contribution in [1.29, 1.82) is 0 Å². The Morgan fingerprint density at radius 3 is 2.58 bits per heavy atom. The number of rotatable bonds is 8. The number of likely N-dealkylation sites (N-methyl/N-ethyl adjacent to an activating group) is 1. The molecule has 0 heterocycles. The van der Waals surface area contributed by atoms with Gasteiger partial charge in [-0.3, -0.25) is 4.99 Å². The lowest BCUT2D eigenvalue weighted by Crippen LogP contribution is -2.36. The maximum absolute atomic E-state index is 13.7. The molecule has 0 amide bonds. The first kappa shape index (κ1) is 19.7. The number of guanidine groups is 1. The number of halogens is 1. The van der Waals surface area contributed by atoms with Crippen molar-refractivity contribution in [2.24, 2.45) is 4.99 Å². The Morgan fingerprint density at radius 1 is 1.08 bits per heavy atom. The van der Waals surface area contributed by atoms with Gasteiger partial charge in [-0.1, -0.05) is 30.3 Å². The van der Waals surface area contributed by atoms with Crippen LogP contribution in [0.15, 0.2) is 53.5 Å². The minimum Gasteiger partial charge on any atom is -0.492 e. The summed E-state index contributed by atoms with van der Waals surface area (Å²) in [6.07, 6.45) is 0. The number of hydrogen-bond donors (Lipinski definition) is 2. The van der Waals surface area contributed by atoms with Crippen molar-refractivity contribution in [3.8, 4) is 5.75 Å². The minimum atomic E-state index is -0.224. The van der Waals surface area contributed by atoms with Crippen LogP contribution in [0.3, 0.4) is 0 Å². The fourth-order valence-electron chi connectivity index (χ4n) is 2.32. The molecule has 140 valence electrons. The summed E-state index contributed by atoms with van der Waals surface area (Å²) in [7, 11) is 5.73. The Morgan fingerprint density at radius 2 is 1.85 bits per heavy atom. The maximum Gasteiger partial charge on any atom is 0.191 e. The van der Waals surface area contributed by atoms with Crippen molar-refractivity contribution in [3.63, 3.8) is 0 Å². The second-order valence-electron chi connectivity index (χ2n) is 6.17. The molecule has 0 saturated carbocycles. The van der Waals surface area contributed by atoms with E-state index in [9.17, 15) is 4.39 Å². The standard InChI is InChI=1S/C20H27FN4O/c1-22-20(24-15-17-8-4-5-10-19(17)21)23-14-16-7-6-9-18(13-16)26-12-11-25(2)3/h4-10,13H,11-12,14-15H2,1-3H3,(H2,22,23,24). The van der Waals surface area contributed by atoms with Crippen LogP contribution in [0.1, 0.15) is 11.1 Å². The summed E-state index contributed by atoms with van der Waals surface area (Å²) in [6, 6.07) is 14.7. The first-order chi connectivity index (χ1) is 12.6. The lowest BCUT2D eigenvalue weighted by molar-refractivity contribution is 0.261. The van der Waals surface area contributed by atoms with Gasteiger partial charge in [0, 0.05) is 32.2 Å². The van der Waals surface area contributed by atoms with E-state index in [1.54, 1.807) is 19.2 Å². The number of ether oxygens (including phenoxy) is 1. The lowest BCUT2D eigenvalue weighted by Gasteiger charge is -2.14. The van der Waals surface area contributed by atoms with Gasteiger partial charge in [0.2, 0.25) is 0 Å². The smallest absolute Gasteiger partial charge is 0.191 e. The average molecular weight is 358 g/mol. The van der Waals surface area contributed by atoms with Gasteiger partial charge in [-0.25, -0.2) is 4.39 Å². The van der Waals surface area contributed by atoms with E-state index in [4.69, 9.17) is 4.74 Å². The molecule has 2 aromatic rings. The van der Waals surface area contributed by atoms with E-state index >= 15 is 0 Å². The van der Waals surface area contributed by atoms with Gasteiger partial charge in [0.15, 0.2) is 5.96 Å². The maximum atomic E-state index is 13.7. The van der Waals surface area contributed by atoms with Crippen LogP contribution in [0.4, 0.5) is 4.39 Å². The zero-order valence-corrected chi connectivity index (χ0v) is 15.6. The molecule has 2 N–H and O–H groups in total. The van der Waals surface area contributed by atoms with Crippen molar-refractivity contribution in [3.05, 3.63) is 65.5 Å². The largest absolute Gasteiger partial charge is 0.492 e. The van der Waals surface area contributed by atoms with Crippen LogP contribution >= 0.6 is 0 Å². The molecule has 0 saturated heterocycles. The van der Waals surface area contributed by atoms with Gasteiger partial charge in [0.25, 0.3) is 0 Å². The second-order valence-corrected chi connectivity index (χ2v) is 6.17. The van der Waals surface area contributed by atoms with Gasteiger partial charge in [-0.2, -0.15) is 0 Å². The van der Waals surface area contributed by atoms with Crippen LogP contribution in [0.2, 0.25) is 0 Å². The normalized spacial score (nSPS) is 11.5. The summed E-state index contributed by atoms with van der Waals surface area (Å²) >= 11 is 0. The second kappa shape index (κ2) is 10.4. The van der Waals surface area contributed by atoms with E-state index in [2.05, 4.69) is 20.5 Å². The summed E-state index contributed by atoms with van der Waals surface area (Å²) in [5.41, 5.74) is 1.69. The van der Waals surface area contributed by atoms with Crippen molar-refractivity contribution in [1.82, 2.24) is 15.5 Å². The number of benzene rings is 2. The molecule has 0 unspecified atom stereocenters. The third-order valence-electron chi connectivity index (χ3n) is 3.79. The molecular weight excluding hydrogens is 331 g/mol. The minimum absolute atomic E-state index is 0.224. The molecule has 0 aliphatic heterocycles. The van der Waals surface area contributed by atoms with Gasteiger partial charge in [-0.15, -0.1) is 0 Å². The zero-order chi connectivity index (χ0) is 18.8. The molecule has 0 fully saturated rings. The fraction of sp³-hybridized carbons (Fsp3) is 0.350. The Balaban J connectivity index is 1.83. The van der Waals surface area contributed by atoms with Crippen molar-refractivity contribution in [2.75, 3.05) is 34.3 Å². The molecule has 0 bridgehead atoms. The van der Waals surface area contributed by atoms with E-state index in [0.29, 0.717) is 31.2 Å². The molecule has 2 aromatic carbocycles. The molecule has 0 radical (unpaired) electrons. The first-order valence-corrected chi connectivity index (χ1v) is 8.63. The van der Waals surface area contributed by atoms with Crippen LogP contribution in [-0.2, 0) is 13.1 Å². The molecule has 0 spiro atoms. The highest BCUT2D eigenvalue weighted by Crippen LogP contribution is 2.13. The van der Waals surface area contributed by atoms with E-state index in [1.807, 2.05) is 44.4 Å². The summed E-state index contributed by atoms with van der Waals surface area (Å²) in [5, 5.41) is 6.35. The Bertz CT molecular complexity index is 718. The van der Waals surface area contributed by atoms with Gasteiger partial charge >= 0.3 is 0 Å². The third-order valence-corrected chi connectivity index (χ3v) is 3.79. The molecule has 0 aliphatic carbocycles. The van der Waals surface area contributed by atoms with E-state index in [1.165, 1.54) is 6.07 Å². The fourth-order valence-corrected chi connectivity index (χ4v) is 2.32. The van der Waals surface area contributed by atoms with Crippen molar-refractivity contribution < 1.29 is 9.13 Å². The summed E-state index contributed by atoms with van der Waals surface area (Å²) in [6.45, 7) is 2.49. The summed E-state index contributed by atoms with van der Waals surface area (Å²) in [5.74, 6) is 1.24. The molecule has 26 heavy (non-hydrogen) atoms. The predicted octanol–water partition coefficient (Wildman–Crippen LogP) is 2.63. The van der Waals surface area contributed by atoms with Crippen molar-refractivity contribution in [2.45, 2.75) is 13.1 Å². The number of nitrogens with one attached hydrogen (secondary N) is 2. The van der Waals surface area contributed by atoms with E-state index in [-0.39, 0.29) is 5.82 Å². The van der Waals surface area contributed by atoms with Crippen molar-refractivity contribution >= 4 is 5.96 Å². The monoisotopic (exact) mass is 358 g/mol. The van der Waals surface area contributed by atoms with Crippen LogP contribution in [-0.4, -0.2) is 45.2 Å². The van der Waals surface area contributed by atoms with Gasteiger partial charge in [0.05, 0.1) is 0 Å². The summed E-state index contributed by atoms with van der Waals surface area (Å²) < 4.78 is 19.4. The molecule has 0 aromatic heterocycles. The lowest BCUT2D eigenvalue weighted by atomic mass is 10.2. The third kappa shape index (κ3) is 6.72. The van der Waals surface area contributed by atoms with Crippen LogP contribution < -0.4 is 15.4 Å². The SMILES string of the molecule is CN=C(NCc1cccc(OCCN(C)C)c1)NCc1ccccc1F. The molecule has 0 atom stereocenters. The Hall–Kier alpha value is -2.60. The molecular formula is C20H27FN4O. The summed E-state index contributed by atoms with van der Waals surface area (Å²) in [4.78, 5) is 6.25. The highest BCUT2D eigenvalue weighted by Gasteiger charge is 2.03. The zero-order valence-electron chi connectivity index (χ0n) is 15.6. The average Bonchev–Trinajstić information content (AvgIpc) is 2.63. The van der Waals surface area contributed by atoms with Gasteiger partial charge < -0.3 is 20.3 Å². The topological polar surface area (TPSA) is 48.9 Å². The van der Waals surface area contributed by atoms with Crippen LogP contribution in [0.5, 0.6) is 5.75 Å². The number of aliphatic imine (C=N–C) groups is 1. The van der Waals surface area contributed by atoms with E-state index in [0.717, 1.165) is 17.9 Å². The highest BCUT2D eigenvalue weighted by molar-refractivity contribution is 5.79. The van der Waals surface area contributed by atoms with E-state index < -0.39 is 0 Å². The first-order valence-electron chi connectivity index (χ1n) is 8.63. The molecule has 5 nitrogen and oxygen atoms in total. The van der Waals surface area contributed by atoms with Crippen LogP contribution in [0, 0.1) is 5.82 Å². The number of nitrogens with zero attached hydrogens (tertiary/aromatic N) is 2. The predicted molar refractivity (Wildman–Crippen MR) is 104 cm³/mol. The Kier molecular flexibility index (Phi) is 7.89. The molecule has 2 rings (SSSR count). The molecule has 0 aliphatic rings. The van der Waals surface area contributed by atoms with Gasteiger partial charge in [-0.05, 0) is 37.9 Å². The highest BCUT2D eigenvalue weighted by atomic mass is 19.1. The van der Waals surface area contributed by atoms with Crippen LogP contribution in [0.25, 0.3) is 0 Å². The molecule has 6 heteroatoms. The number of hydrogen-bond acceptors (Lipinski definition) is 3.